The van der Waals surface area contributed by atoms with Crippen molar-refractivity contribution in [2.45, 2.75) is 38.6 Å². The van der Waals surface area contributed by atoms with Gasteiger partial charge in [0.15, 0.2) is 0 Å². The van der Waals surface area contributed by atoms with Crippen molar-refractivity contribution in [3.05, 3.63) is 62.5 Å². The van der Waals surface area contributed by atoms with Gasteiger partial charge in [0.1, 0.15) is 0 Å². The van der Waals surface area contributed by atoms with Gasteiger partial charge >= 0.3 is 5.97 Å². The van der Waals surface area contributed by atoms with Crippen molar-refractivity contribution in [3.63, 3.8) is 0 Å². The first kappa shape index (κ1) is 18.6. The molecule has 1 fully saturated rings. The Morgan fingerprint density at radius 1 is 1.19 bits per heavy atom. The molecule has 2 N–H and O–H groups in total. The number of para-hydroxylation sites is 1. The number of allylic oxidation sites excluding steroid dienone is 2. The van der Waals surface area contributed by atoms with Crippen molar-refractivity contribution >= 4 is 17.6 Å². The first-order valence-corrected chi connectivity index (χ1v) is 8.66. The average molecular weight is 371 g/mol. The summed E-state index contributed by atoms with van der Waals surface area (Å²) in [4.78, 5) is 36.5. The summed E-state index contributed by atoms with van der Waals surface area (Å²) in [6.07, 6.45) is 1.81. The fourth-order valence-corrected chi connectivity index (χ4v) is 3.38. The largest absolute Gasteiger partial charge is 0.466 e. The molecule has 0 saturated heterocycles. The van der Waals surface area contributed by atoms with Crippen LogP contribution in [0.1, 0.15) is 38.2 Å². The second-order valence-electron chi connectivity index (χ2n) is 6.69. The molecular weight excluding hydrogens is 350 g/mol. The number of benzene rings is 1. The van der Waals surface area contributed by atoms with Crippen LogP contribution in [-0.2, 0) is 14.3 Å². The third kappa shape index (κ3) is 3.55. The summed E-state index contributed by atoms with van der Waals surface area (Å²) >= 11 is 0. The van der Waals surface area contributed by atoms with Crippen LogP contribution in [0.5, 0.6) is 0 Å². The molecule has 1 heterocycles. The van der Waals surface area contributed by atoms with Crippen molar-refractivity contribution in [2.75, 3.05) is 7.11 Å². The molecule has 2 aliphatic rings. The van der Waals surface area contributed by atoms with Crippen molar-refractivity contribution < 1.29 is 19.2 Å². The van der Waals surface area contributed by atoms with Crippen molar-refractivity contribution in [2.24, 2.45) is 0 Å². The van der Waals surface area contributed by atoms with Crippen LogP contribution in [0.2, 0.25) is 0 Å². The van der Waals surface area contributed by atoms with Crippen molar-refractivity contribution in [1.82, 2.24) is 10.6 Å². The predicted octanol–water partition coefficient (Wildman–Crippen LogP) is 2.28. The second kappa shape index (κ2) is 7.22. The van der Waals surface area contributed by atoms with E-state index in [1.807, 2.05) is 0 Å². The molecule has 3 rings (SSSR count). The van der Waals surface area contributed by atoms with Gasteiger partial charge in [-0.1, -0.05) is 18.2 Å². The highest BCUT2D eigenvalue weighted by Gasteiger charge is 2.40. The average Bonchev–Trinajstić information content (AvgIpc) is 3.44. The Balaban J connectivity index is 2.19. The van der Waals surface area contributed by atoms with Crippen LogP contribution in [0.3, 0.4) is 0 Å². The molecule has 1 aliphatic heterocycles. The van der Waals surface area contributed by atoms with Crippen molar-refractivity contribution in [1.29, 1.82) is 0 Å². The van der Waals surface area contributed by atoms with Crippen LogP contribution >= 0.6 is 0 Å². The van der Waals surface area contributed by atoms with Gasteiger partial charge in [-0.15, -0.1) is 0 Å². The van der Waals surface area contributed by atoms with Gasteiger partial charge < -0.3 is 15.4 Å². The fraction of sp³-hybridized carbons (Fsp3) is 0.368. The molecule has 27 heavy (non-hydrogen) atoms. The van der Waals surface area contributed by atoms with Crippen LogP contribution < -0.4 is 10.6 Å². The van der Waals surface area contributed by atoms with Gasteiger partial charge in [-0.05, 0) is 26.7 Å². The zero-order chi connectivity index (χ0) is 19.7. The molecule has 1 atom stereocenters. The molecular formula is C19H21N3O5. The van der Waals surface area contributed by atoms with E-state index in [2.05, 4.69) is 10.6 Å². The Kier molecular flexibility index (Phi) is 4.98. The van der Waals surface area contributed by atoms with Crippen LogP contribution in [-0.4, -0.2) is 30.0 Å². The summed E-state index contributed by atoms with van der Waals surface area (Å²) in [5.41, 5.74) is 1.68. The number of carbonyl (C=O) groups is 2. The van der Waals surface area contributed by atoms with Crippen LogP contribution in [0.15, 0.2) is 46.8 Å². The third-order valence-electron chi connectivity index (χ3n) is 4.77. The molecule has 1 saturated carbocycles. The molecule has 0 radical (unpaired) electrons. The summed E-state index contributed by atoms with van der Waals surface area (Å²) < 4.78 is 4.91. The molecule has 8 nitrogen and oxygen atoms in total. The Bertz CT molecular complexity index is 883. The number of rotatable bonds is 5. The summed E-state index contributed by atoms with van der Waals surface area (Å²) in [5.74, 6) is -1.86. The fourth-order valence-electron chi connectivity index (χ4n) is 3.38. The maximum atomic E-state index is 12.9. The van der Waals surface area contributed by atoms with Gasteiger partial charge in [0.2, 0.25) is 5.91 Å². The maximum absolute atomic E-state index is 12.9. The number of carbonyl (C=O) groups excluding carboxylic acids is 2. The normalized spacial score (nSPS) is 19.4. The minimum Gasteiger partial charge on any atom is -0.466 e. The lowest BCUT2D eigenvalue weighted by atomic mass is 9.79. The van der Waals surface area contributed by atoms with Gasteiger partial charge in [0.05, 0.1) is 23.5 Å². The molecule has 8 heteroatoms. The third-order valence-corrected chi connectivity index (χ3v) is 4.77. The number of hydrogen-bond donors (Lipinski definition) is 2. The summed E-state index contributed by atoms with van der Waals surface area (Å²) in [7, 11) is 1.24. The number of hydrogen-bond acceptors (Lipinski definition) is 6. The number of ether oxygens (including phenoxy) is 1. The van der Waals surface area contributed by atoms with Gasteiger partial charge in [-0.3, -0.25) is 14.9 Å². The minimum absolute atomic E-state index is 0.109. The van der Waals surface area contributed by atoms with Crippen LogP contribution in [0, 0.1) is 10.1 Å². The van der Waals surface area contributed by atoms with E-state index in [0.29, 0.717) is 17.0 Å². The smallest absolute Gasteiger partial charge is 0.336 e. The SMILES string of the molecule is COC(=O)C1=C(C)NC(C)=C(C(=O)NC2CC2)C1c1ccccc1[N+](=O)[O-]. The summed E-state index contributed by atoms with van der Waals surface area (Å²) in [6.45, 7) is 3.41. The number of methoxy groups -OCH3 is 1. The van der Waals surface area contributed by atoms with Gasteiger partial charge in [0.25, 0.3) is 5.69 Å². The Morgan fingerprint density at radius 3 is 2.41 bits per heavy atom. The minimum atomic E-state index is -0.890. The molecule has 0 bridgehead atoms. The molecule has 0 spiro atoms. The molecule has 1 aromatic carbocycles. The number of dihydropyridines is 1. The van der Waals surface area contributed by atoms with Crippen molar-refractivity contribution in [3.8, 4) is 0 Å². The molecule has 1 aromatic rings. The highest BCUT2D eigenvalue weighted by atomic mass is 16.6. The first-order valence-electron chi connectivity index (χ1n) is 8.66. The monoisotopic (exact) mass is 371 g/mol. The molecule has 0 aromatic heterocycles. The maximum Gasteiger partial charge on any atom is 0.336 e. The number of esters is 1. The number of nitro groups is 1. The van der Waals surface area contributed by atoms with E-state index in [0.717, 1.165) is 12.8 Å². The lowest BCUT2D eigenvalue weighted by Gasteiger charge is -2.30. The number of nitrogens with one attached hydrogen (secondary N) is 2. The van der Waals surface area contributed by atoms with Gasteiger partial charge in [-0.2, -0.15) is 0 Å². The van der Waals surface area contributed by atoms with Gasteiger partial charge in [-0.25, -0.2) is 4.79 Å². The van der Waals surface area contributed by atoms with Crippen LogP contribution in [0.25, 0.3) is 0 Å². The standard InChI is InChI=1S/C19H21N3O5/c1-10-15(18(23)21-12-8-9-12)17(16(11(2)20-10)19(24)27-3)13-6-4-5-7-14(13)22(25)26/h4-7,12,17,20H,8-9H2,1-3H3,(H,21,23). The zero-order valence-corrected chi connectivity index (χ0v) is 15.4. The van der Waals surface area contributed by atoms with E-state index in [9.17, 15) is 19.7 Å². The van der Waals surface area contributed by atoms with E-state index in [1.54, 1.807) is 32.0 Å². The lowest BCUT2D eigenvalue weighted by molar-refractivity contribution is -0.385. The molecule has 1 aliphatic carbocycles. The summed E-state index contributed by atoms with van der Waals surface area (Å²) in [5, 5.41) is 17.5. The lowest BCUT2D eigenvalue weighted by Crippen LogP contribution is -2.37. The summed E-state index contributed by atoms with van der Waals surface area (Å²) in [6, 6.07) is 6.26. The van der Waals surface area contributed by atoms with Gasteiger partial charge in [0, 0.05) is 34.6 Å². The Labute approximate surface area is 156 Å². The van der Waals surface area contributed by atoms with E-state index in [4.69, 9.17) is 4.74 Å². The predicted molar refractivity (Wildman–Crippen MR) is 97.6 cm³/mol. The Hall–Kier alpha value is -3.16. The zero-order valence-electron chi connectivity index (χ0n) is 15.4. The van der Waals surface area contributed by atoms with E-state index >= 15 is 0 Å². The second-order valence-corrected chi connectivity index (χ2v) is 6.69. The van der Waals surface area contributed by atoms with E-state index in [1.165, 1.54) is 13.2 Å². The highest BCUT2D eigenvalue weighted by molar-refractivity contribution is 6.02. The molecule has 142 valence electrons. The van der Waals surface area contributed by atoms with Crippen LogP contribution in [0.4, 0.5) is 5.69 Å². The topological polar surface area (TPSA) is 111 Å². The van der Waals surface area contributed by atoms with E-state index < -0.39 is 16.8 Å². The molecule has 1 unspecified atom stereocenters. The quantitative estimate of drug-likeness (QED) is 0.467. The highest BCUT2D eigenvalue weighted by Crippen LogP contribution is 2.42. The number of amides is 1. The Morgan fingerprint density at radius 2 is 1.81 bits per heavy atom. The van der Waals surface area contributed by atoms with E-state index in [-0.39, 0.29) is 28.8 Å². The number of nitrogens with zero attached hydrogens (tertiary/aromatic N) is 1. The first-order chi connectivity index (χ1) is 12.8. The number of nitro benzene ring substituents is 1. The molecule has 1 amide bonds.